The molecule has 1 aromatic heterocycles. The van der Waals surface area contributed by atoms with Crippen LogP contribution in [0, 0.1) is 18.8 Å². The van der Waals surface area contributed by atoms with Crippen LogP contribution in [0.4, 0.5) is 11.6 Å². The van der Waals surface area contributed by atoms with Gasteiger partial charge in [-0.05, 0) is 31.6 Å². The van der Waals surface area contributed by atoms with Crippen molar-refractivity contribution in [2.45, 2.75) is 53.4 Å². The summed E-state index contributed by atoms with van der Waals surface area (Å²) in [6.45, 7) is 13.3. The molecule has 0 amide bonds. The molecule has 1 aliphatic carbocycles. The van der Waals surface area contributed by atoms with Crippen LogP contribution in [0.25, 0.3) is 0 Å². The molecule has 1 aromatic rings. The summed E-state index contributed by atoms with van der Waals surface area (Å²) in [7, 11) is 1.95. The van der Waals surface area contributed by atoms with Gasteiger partial charge in [-0.25, -0.2) is 9.97 Å². The van der Waals surface area contributed by atoms with Gasteiger partial charge in [-0.1, -0.05) is 27.7 Å². The standard InChI is InChI=1S/C17H30N4/c1-11(2)9-21(10-12(3)4)17-13(5)15(18-6)19-16(20-17)14-7-8-14/h11-12,14H,7-10H2,1-6H3,(H,18,19,20). The van der Waals surface area contributed by atoms with Crippen LogP contribution in [-0.2, 0) is 0 Å². The highest BCUT2D eigenvalue weighted by Gasteiger charge is 2.29. The van der Waals surface area contributed by atoms with Gasteiger partial charge in [-0.15, -0.1) is 0 Å². The molecule has 0 aliphatic heterocycles. The first-order valence-corrected chi connectivity index (χ1v) is 8.23. The van der Waals surface area contributed by atoms with E-state index in [1.165, 1.54) is 18.4 Å². The first-order valence-electron chi connectivity index (χ1n) is 8.23. The van der Waals surface area contributed by atoms with Gasteiger partial charge in [0, 0.05) is 31.6 Å². The van der Waals surface area contributed by atoms with Crippen molar-refractivity contribution >= 4 is 11.6 Å². The largest absolute Gasteiger partial charge is 0.373 e. The molecule has 0 radical (unpaired) electrons. The molecule has 1 saturated carbocycles. The lowest BCUT2D eigenvalue weighted by Gasteiger charge is -2.29. The van der Waals surface area contributed by atoms with E-state index in [2.05, 4.69) is 44.8 Å². The van der Waals surface area contributed by atoms with E-state index in [9.17, 15) is 0 Å². The van der Waals surface area contributed by atoms with Crippen molar-refractivity contribution in [2.24, 2.45) is 11.8 Å². The maximum atomic E-state index is 4.92. The Balaban J connectivity index is 2.38. The summed E-state index contributed by atoms with van der Waals surface area (Å²) >= 11 is 0. The van der Waals surface area contributed by atoms with Crippen molar-refractivity contribution < 1.29 is 0 Å². The molecular weight excluding hydrogens is 260 g/mol. The molecule has 4 heteroatoms. The second-order valence-corrected chi connectivity index (χ2v) is 7.10. The Morgan fingerprint density at radius 1 is 1.10 bits per heavy atom. The molecule has 0 unspecified atom stereocenters. The summed E-state index contributed by atoms with van der Waals surface area (Å²) in [5.74, 6) is 4.97. The molecule has 1 heterocycles. The zero-order valence-corrected chi connectivity index (χ0v) is 14.4. The molecular formula is C17H30N4. The monoisotopic (exact) mass is 290 g/mol. The zero-order valence-electron chi connectivity index (χ0n) is 14.4. The van der Waals surface area contributed by atoms with E-state index in [1.54, 1.807) is 0 Å². The van der Waals surface area contributed by atoms with Crippen molar-refractivity contribution in [3.05, 3.63) is 11.4 Å². The summed E-state index contributed by atoms with van der Waals surface area (Å²) in [6.07, 6.45) is 2.47. The smallest absolute Gasteiger partial charge is 0.137 e. The molecule has 0 atom stereocenters. The van der Waals surface area contributed by atoms with Crippen molar-refractivity contribution in [3.8, 4) is 0 Å². The summed E-state index contributed by atoms with van der Waals surface area (Å²) in [5, 5.41) is 3.24. The minimum atomic E-state index is 0.580. The van der Waals surface area contributed by atoms with Gasteiger partial charge in [0.2, 0.25) is 0 Å². The van der Waals surface area contributed by atoms with Gasteiger partial charge < -0.3 is 10.2 Å². The number of hydrogen-bond donors (Lipinski definition) is 1. The maximum Gasteiger partial charge on any atom is 0.137 e. The third-order valence-electron chi connectivity index (χ3n) is 3.79. The minimum Gasteiger partial charge on any atom is -0.373 e. The fourth-order valence-corrected chi connectivity index (χ4v) is 2.73. The normalized spacial score (nSPS) is 14.9. The van der Waals surface area contributed by atoms with Crippen molar-refractivity contribution in [2.75, 3.05) is 30.4 Å². The van der Waals surface area contributed by atoms with Gasteiger partial charge in [-0.2, -0.15) is 0 Å². The third kappa shape index (κ3) is 4.08. The SMILES string of the molecule is CNc1nc(C2CC2)nc(N(CC(C)C)CC(C)C)c1C. The average Bonchev–Trinajstić information content (AvgIpc) is 3.21. The third-order valence-corrected chi connectivity index (χ3v) is 3.79. The molecule has 0 aromatic carbocycles. The number of rotatable bonds is 7. The predicted molar refractivity (Wildman–Crippen MR) is 90.2 cm³/mol. The molecule has 0 spiro atoms. The van der Waals surface area contributed by atoms with Gasteiger partial charge in [0.25, 0.3) is 0 Å². The Labute approximate surface area is 129 Å². The summed E-state index contributed by atoms with van der Waals surface area (Å²) < 4.78 is 0. The highest BCUT2D eigenvalue weighted by atomic mass is 15.2. The van der Waals surface area contributed by atoms with Crippen molar-refractivity contribution in [3.63, 3.8) is 0 Å². The van der Waals surface area contributed by atoms with Gasteiger partial charge >= 0.3 is 0 Å². The lowest BCUT2D eigenvalue weighted by Crippen LogP contribution is -2.33. The van der Waals surface area contributed by atoms with Crippen LogP contribution >= 0.6 is 0 Å². The van der Waals surface area contributed by atoms with Crippen LogP contribution in [0.5, 0.6) is 0 Å². The minimum absolute atomic E-state index is 0.580. The number of hydrogen-bond acceptors (Lipinski definition) is 4. The zero-order chi connectivity index (χ0) is 15.6. The van der Waals surface area contributed by atoms with Crippen LogP contribution in [0.15, 0.2) is 0 Å². The average molecular weight is 290 g/mol. The van der Waals surface area contributed by atoms with Crippen LogP contribution in [0.3, 0.4) is 0 Å². The molecule has 21 heavy (non-hydrogen) atoms. The van der Waals surface area contributed by atoms with E-state index >= 15 is 0 Å². The van der Waals surface area contributed by atoms with E-state index in [0.717, 1.165) is 30.5 Å². The van der Waals surface area contributed by atoms with E-state index in [1.807, 2.05) is 7.05 Å². The Morgan fingerprint density at radius 2 is 1.67 bits per heavy atom. The molecule has 1 aliphatic rings. The number of anilines is 2. The quantitative estimate of drug-likeness (QED) is 0.829. The van der Waals surface area contributed by atoms with Crippen LogP contribution in [-0.4, -0.2) is 30.1 Å². The second-order valence-electron chi connectivity index (χ2n) is 7.10. The van der Waals surface area contributed by atoms with Gasteiger partial charge in [0.15, 0.2) is 0 Å². The Kier molecular flexibility index (Phi) is 5.07. The van der Waals surface area contributed by atoms with E-state index in [4.69, 9.17) is 9.97 Å². The first kappa shape index (κ1) is 16.1. The van der Waals surface area contributed by atoms with E-state index < -0.39 is 0 Å². The lowest BCUT2D eigenvalue weighted by atomic mass is 10.1. The summed E-state index contributed by atoms with van der Waals surface area (Å²) in [4.78, 5) is 12.1. The molecule has 2 rings (SSSR count). The van der Waals surface area contributed by atoms with Gasteiger partial charge in [0.1, 0.15) is 17.5 Å². The highest BCUT2D eigenvalue weighted by molar-refractivity contribution is 5.59. The molecule has 1 N–H and O–H groups in total. The van der Waals surface area contributed by atoms with Crippen molar-refractivity contribution in [1.29, 1.82) is 0 Å². The van der Waals surface area contributed by atoms with E-state index in [-0.39, 0.29) is 0 Å². The van der Waals surface area contributed by atoms with E-state index in [0.29, 0.717) is 17.8 Å². The summed E-state index contributed by atoms with van der Waals surface area (Å²) in [5.41, 5.74) is 1.17. The number of aromatic nitrogens is 2. The van der Waals surface area contributed by atoms with Gasteiger partial charge in [-0.3, -0.25) is 0 Å². The predicted octanol–water partition coefficient (Wildman–Crippen LogP) is 3.82. The number of nitrogens with zero attached hydrogens (tertiary/aromatic N) is 3. The highest BCUT2D eigenvalue weighted by Crippen LogP contribution is 2.40. The summed E-state index contributed by atoms with van der Waals surface area (Å²) in [6, 6.07) is 0. The van der Waals surface area contributed by atoms with Crippen LogP contribution in [0.2, 0.25) is 0 Å². The fraction of sp³-hybridized carbons (Fsp3) is 0.765. The van der Waals surface area contributed by atoms with Crippen molar-refractivity contribution in [1.82, 2.24) is 9.97 Å². The fourth-order valence-electron chi connectivity index (χ4n) is 2.73. The molecule has 4 nitrogen and oxygen atoms in total. The second kappa shape index (κ2) is 6.63. The van der Waals surface area contributed by atoms with Gasteiger partial charge in [0.05, 0.1) is 0 Å². The molecule has 118 valence electrons. The van der Waals surface area contributed by atoms with Crippen LogP contribution in [0.1, 0.15) is 57.8 Å². The van der Waals surface area contributed by atoms with Crippen LogP contribution < -0.4 is 10.2 Å². The Morgan fingerprint density at radius 3 is 2.10 bits per heavy atom. The molecule has 0 saturated heterocycles. The molecule has 1 fully saturated rings. The topological polar surface area (TPSA) is 41.1 Å². The maximum absolute atomic E-state index is 4.92. The first-order chi connectivity index (χ1) is 9.92. The molecule has 0 bridgehead atoms. The number of nitrogens with one attached hydrogen (secondary N) is 1. The Hall–Kier alpha value is -1.32. The Bertz CT molecular complexity index is 468. The lowest BCUT2D eigenvalue weighted by molar-refractivity contribution is 0.546.